The summed E-state index contributed by atoms with van der Waals surface area (Å²) >= 11 is 0. The topological polar surface area (TPSA) is 60.9 Å². The van der Waals surface area contributed by atoms with Gasteiger partial charge < -0.3 is 14.9 Å². The van der Waals surface area contributed by atoms with Gasteiger partial charge in [-0.25, -0.2) is 9.59 Å². The van der Waals surface area contributed by atoms with E-state index in [1.54, 1.807) is 16.8 Å². The second kappa shape index (κ2) is 5.59. The number of nitrogens with zero attached hydrogens (tertiary/aromatic N) is 2. The Morgan fingerprint density at radius 3 is 2.39 bits per heavy atom. The smallest absolute Gasteiger partial charge is 0.326 e. The summed E-state index contributed by atoms with van der Waals surface area (Å²) in [6, 6.07) is -0.414. The first-order valence-corrected chi connectivity index (χ1v) is 6.87. The highest BCUT2D eigenvalue weighted by Crippen LogP contribution is 2.27. The number of likely N-dealkylation sites (tertiary alicyclic amines) is 1. The highest BCUT2D eigenvalue weighted by Gasteiger charge is 2.36. The predicted octanol–water partition coefficient (Wildman–Crippen LogP) is 1.92. The van der Waals surface area contributed by atoms with Crippen LogP contribution in [0.5, 0.6) is 0 Å². The number of aliphatic carboxylic acids is 1. The maximum atomic E-state index is 12.3. The highest BCUT2D eigenvalue weighted by molar-refractivity contribution is 5.83. The number of hydrogen-bond acceptors (Lipinski definition) is 2. The highest BCUT2D eigenvalue weighted by atomic mass is 16.4. The van der Waals surface area contributed by atoms with Gasteiger partial charge in [-0.2, -0.15) is 0 Å². The molecule has 2 fully saturated rings. The van der Waals surface area contributed by atoms with Crippen molar-refractivity contribution in [2.24, 2.45) is 0 Å². The van der Waals surface area contributed by atoms with Crippen LogP contribution in [0.2, 0.25) is 0 Å². The first-order chi connectivity index (χ1) is 8.61. The Labute approximate surface area is 108 Å². The molecule has 1 heterocycles. The fourth-order valence-corrected chi connectivity index (χ4v) is 2.59. The Hall–Kier alpha value is -1.26. The molecule has 1 aliphatic carbocycles. The van der Waals surface area contributed by atoms with Crippen LogP contribution < -0.4 is 0 Å². The van der Waals surface area contributed by atoms with Crippen molar-refractivity contribution in [1.29, 1.82) is 0 Å². The maximum Gasteiger partial charge on any atom is 0.326 e. The first kappa shape index (κ1) is 13.2. The van der Waals surface area contributed by atoms with Crippen LogP contribution in [0.3, 0.4) is 0 Å². The second-order valence-electron chi connectivity index (χ2n) is 5.37. The van der Waals surface area contributed by atoms with Crippen molar-refractivity contribution in [3.8, 4) is 0 Å². The molecule has 5 heteroatoms. The zero-order valence-corrected chi connectivity index (χ0v) is 11.0. The van der Waals surface area contributed by atoms with Crippen LogP contribution in [0.15, 0.2) is 0 Å². The molecule has 1 unspecified atom stereocenters. The lowest BCUT2D eigenvalue weighted by molar-refractivity contribution is -0.142. The summed E-state index contributed by atoms with van der Waals surface area (Å²) in [6.45, 7) is 0.576. The number of rotatable bonds is 2. The zero-order chi connectivity index (χ0) is 13.1. The minimum atomic E-state index is -0.866. The zero-order valence-electron chi connectivity index (χ0n) is 11.0. The van der Waals surface area contributed by atoms with Crippen LogP contribution in [-0.2, 0) is 4.79 Å². The SMILES string of the molecule is CN(C(=O)N1CCCCCCC1C(=O)O)C1CC1. The van der Waals surface area contributed by atoms with Gasteiger partial charge in [0.15, 0.2) is 0 Å². The van der Waals surface area contributed by atoms with E-state index < -0.39 is 12.0 Å². The van der Waals surface area contributed by atoms with E-state index in [0.29, 0.717) is 19.0 Å². The lowest BCUT2D eigenvalue weighted by Gasteiger charge is -2.34. The lowest BCUT2D eigenvalue weighted by atomic mass is 10.0. The molecule has 0 spiro atoms. The summed E-state index contributed by atoms with van der Waals surface area (Å²) in [5.41, 5.74) is 0. The van der Waals surface area contributed by atoms with Gasteiger partial charge >= 0.3 is 12.0 Å². The Balaban J connectivity index is 2.07. The molecule has 0 aromatic rings. The number of carbonyl (C=O) groups is 2. The molecule has 1 aliphatic heterocycles. The van der Waals surface area contributed by atoms with Crippen LogP contribution in [0.25, 0.3) is 0 Å². The van der Waals surface area contributed by atoms with Gasteiger partial charge in [0.05, 0.1) is 0 Å². The fraction of sp³-hybridized carbons (Fsp3) is 0.846. The number of carboxylic acid groups (broad SMARTS) is 1. The normalized spacial score (nSPS) is 25.2. The Morgan fingerprint density at radius 2 is 1.78 bits per heavy atom. The van der Waals surface area contributed by atoms with Gasteiger partial charge in [-0.3, -0.25) is 0 Å². The molecule has 2 amide bonds. The molecular weight excluding hydrogens is 232 g/mol. The Kier molecular flexibility index (Phi) is 4.09. The minimum Gasteiger partial charge on any atom is -0.480 e. The average molecular weight is 254 g/mol. The third-order valence-electron chi connectivity index (χ3n) is 3.93. The average Bonchev–Trinajstić information content (AvgIpc) is 3.10. The summed E-state index contributed by atoms with van der Waals surface area (Å²) in [5, 5.41) is 9.30. The van der Waals surface area contributed by atoms with Gasteiger partial charge in [0.25, 0.3) is 0 Å². The van der Waals surface area contributed by atoms with E-state index in [0.717, 1.165) is 38.5 Å². The van der Waals surface area contributed by atoms with Gasteiger partial charge in [-0.05, 0) is 25.7 Å². The molecule has 18 heavy (non-hydrogen) atoms. The summed E-state index contributed by atoms with van der Waals surface area (Å²) in [4.78, 5) is 27.0. The number of carbonyl (C=O) groups excluding carboxylic acids is 1. The standard InChI is InChI=1S/C13H22N2O3/c1-14(10-7-8-10)13(18)15-9-5-3-2-4-6-11(15)12(16)17/h10-11H,2-9H2,1H3,(H,16,17). The monoisotopic (exact) mass is 254 g/mol. The van der Waals surface area contributed by atoms with Crippen molar-refractivity contribution < 1.29 is 14.7 Å². The number of hydrogen-bond donors (Lipinski definition) is 1. The first-order valence-electron chi connectivity index (χ1n) is 6.87. The van der Waals surface area contributed by atoms with Gasteiger partial charge in [0.2, 0.25) is 0 Å². The van der Waals surface area contributed by atoms with Gasteiger partial charge in [-0.1, -0.05) is 19.3 Å². The molecule has 1 saturated heterocycles. The van der Waals surface area contributed by atoms with E-state index in [-0.39, 0.29) is 6.03 Å². The third-order valence-corrected chi connectivity index (χ3v) is 3.93. The van der Waals surface area contributed by atoms with Gasteiger partial charge in [0, 0.05) is 19.6 Å². The molecule has 2 aliphatic rings. The van der Waals surface area contributed by atoms with Gasteiger partial charge in [-0.15, -0.1) is 0 Å². The Bertz CT molecular complexity index is 328. The molecule has 1 atom stereocenters. The molecule has 5 nitrogen and oxygen atoms in total. The summed E-state index contributed by atoms with van der Waals surface area (Å²) in [6.07, 6.45) is 6.65. The van der Waals surface area contributed by atoms with Crippen LogP contribution in [-0.4, -0.2) is 52.6 Å². The van der Waals surface area contributed by atoms with Crippen molar-refractivity contribution in [1.82, 2.24) is 9.80 Å². The molecular formula is C13H22N2O3. The van der Waals surface area contributed by atoms with Crippen LogP contribution >= 0.6 is 0 Å². The van der Waals surface area contributed by atoms with E-state index in [9.17, 15) is 14.7 Å². The van der Waals surface area contributed by atoms with Crippen LogP contribution in [0.4, 0.5) is 4.79 Å². The fourth-order valence-electron chi connectivity index (χ4n) is 2.59. The van der Waals surface area contributed by atoms with Crippen molar-refractivity contribution in [3.05, 3.63) is 0 Å². The number of carboxylic acids is 1. The molecule has 1 N–H and O–H groups in total. The predicted molar refractivity (Wildman–Crippen MR) is 67.4 cm³/mol. The van der Waals surface area contributed by atoms with E-state index >= 15 is 0 Å². The summed E-state index contributed by atoms with van der Waals surface area (Å²) in [7, 11) is 1.79. The van der Waals surface area contributed by atoms with Crippen molar-refractivity contribution in [2.75, 3.05) is 13.6 Å². The van der Waals surface area contributed by atoms with Crippen molar-refractivity contribution in [2.45, 2.75) is 57.0 Å². The molecule has 1 saturated carbocycles. The van der Waals surface area contributed by atoms with E-state index in [1.807, 2.05) is 0 Å². The molecule has 0 aromatic carbocycles. The lowest BCUT2D eigenvalue weighted by Crippen LogP contribution is -2.51. The Morgan fingerprint density at radius 1 is 1.11 bits per heavy atom. The third kappa shape index (κ3) is 2.94. The quantitative estimate of drug-likeness (QED) is 0.819. The van der Waals surface area contributed by atoms with Crippen LogP contribution in [0, 0.1) is 0 Å². The molecule has 0 radical (unpaired) electrons. The summed E-state index contributed by atoms with van der Waals surface area (Å²) in [5.74, 6) is -0.866. The van der Waals surface area contributed by atoms with Gasteiger partial charge in [0.1, 0.15) is 6.04 Å². The molecule has 0 aromatic heterocycles. The van der Waals surface area contributed by atoms with Crippen LogP contribution in [0.1, 0.15) is 44.9 Å². The largest absolute Gasteiger partial charge is 0.480 e. The van der Waals surface area contributed by atoms with E-state index in [4.69, 9.17) is 0 Å². The molecule has 2 rings (SSSR count). The minimum absolute atomic E-state index is 0.105. The maximum absolute atomic E-state index is 12.3. The van der Waals surface area contributed by atoms with E-state index in [1.165, 1.54) is 0 Å². The summed E-state index contributed by atoms with van der Waals surface area (Å²) < 4.78 is 0. The molecule has 102 valence electrons. The van der Waals surface area contributed by atoms with Crippen molar-refractivity contribution in [3.63, 3.8) is 0 Å². The number of urea groups is 1. The molecule has 0 bridgehead atoms. The second-order valence-corrected chi connectivity index (χ2v) is 5.37. The number of amides is 2. The van der Waals surface area contributed by atoms with E-state index in [2.05, 4.69) is 0 Å². The van der Waals surface area contributed by atoms with Crippen molar-refractivity contribution >= 4 is 12.0 Å².